The van der Waals surface area contributed by atoms with Crippen LogP contribution in [0.2, 0.25) is 0 Å². The second-order valence-corrected chi connectivity index (χ2v) is 9.47. The first kappa shape index (κ1) is 28.7. The summed E-state index contributed by atoms with van der Waals surface area (Å²) in [6, 6.07) is 12.6. The van der Waals surface area contributed by atoms with Gasteiger partial charge in [-0.2, -0.15) is 0 Å². The summed E-state index contributed by atoms with van der Waals surface area (Å²) in [5.74, 6) is -2.56. The predicted octanol–water partition coefficient (Wildman–Crippen LogP) is 4.43. The number of carbonyl (C=O) groups excluding carboxylic acids is 3. The molecular weight excluding hydrogens is 514 g/mol. The molecule has 4 rings (SSSR count). The molecule has 1 N–H and O–H groups in total. The van der Waals surface area contributed by atoms with Gasteiger partial charge >= 0.3 is 11.9 Å². The first-order valence-electron chi connectivity index (χ1n) is 13.2. The third-order valence-corrected chi connectivity index (χ3v) is 7.33. The summed E-state index contributed by atoms with van der Waals surface area (Å²) < 4.78 is 27.4. The number of benzene rings is 2. The van der Waals surface area contributed by atoms with Crippen molar-refractivity contribution >= 4 is 17.7 Å². The van der Waals surface area contributed by atoms with Crippen molar-refractivity contribution in [2.75, 3.05) is 34.5 Å². The van der Waals surface area contributed by atoms with Gasteiger partial charge in [-0.3, -0.25) is 9.59 Å². The summed E-state index contributed by atoms with van der Waals surface area (Å²) in [4.78, 5) is 41.2. The Bertz CT molecular complexity index is 1380. The molecule has 2 aromatic rings. The van der Waals surface area contributed by atoms with Crippen LogP contribution in [0.5, 0.6) is 17.2 Å². The molecule has 2 aliphatic rings. The lowest BCUT2D eigenvalue weighted by Gasteiger charge is -2.39. The minimum Gasteiger partial charge on any atom is -0.496 e. The summed E-state index contributed by atoms with van der Waals surface area (Å²) >= 11 is 0. The van der Waals surface area contributed by atoms with E-state index in [0.29, 0.717) is 51.8 Å². The number of esters is 2. The first-order chi connectivity index (χ1) is 19.3. The lowest BCUT2D eigenvalue weighted by molar-refractivity contribution is -0.152. The molecule has 0 aromatic heterocycles. The zero-order valence-corrected chi connectivity index (χ0v) is 23.7. The van der Waals surface area contributed by atoms with Crippen LogP contribution in [0, 0.1) is 5.92 Å². The third-order valence-electron chi connectivity index (χ3n) is 7.33. The highest BCUT2D eigenvalue weighted by atomic mass is 16.5. The SMILES string of the molecule is CCOC(=O)C1=C(C)NC2=C(C(=O)[C@H](C(=O)OCC)[C@@H](c3ccccc3OC)C2)[C@H]1c1ccc(OC)c(OC)c1. The standard InChI is InChI=1S/C31H35NO8/c1-7-39-30(34)25-17(3)32-21-16-20(19-11-9-10-12-22(19)36-4)27(31(35)40-8-2)29(33)28(21)26(25)18-13-14-23(37-5)24(15-18)38-6/h9-15,20,26-27,32H,7-8,16H2,1-6H3/t20-,26+,27-/m1/s1. The summed E-state index contributed by atoms with van der Waals surface area (Å²) in [7, 11) is 4.60. The van der Waals surface area contributed by atoms with Crippen molar-refractivity contribution < 1.29 is 38.1 Å². The van der Waals surface area contributed by atoms with Crippen LogP contribution in [0.15, 0.2) is 65.0 Å². The maximum absolute atomic E-state index is 14.5. The smallest absolute Gasteiger partial charge is 0.336 e. The number of ketones is 1. The fourth-order valence-electron chi connectivity index (χ4n) is 5.65. The molecule has 1 aliphatic carbocycles. The maximum atomic E-state index is 14.5. The molecule has 0 saturated heterocycles. The molecule has 0 spiro atoms. The molecule has 0 fully saturated rings. The minimum absolute atomic E-state index is 0.123. The van der Waals surface area contributed by atoms with Crippen LogP contribution in [-0.2, 0) is 23.9 Å². The van der Waals surface area contributed by atoms with Crippen LogP contribution in [0.3, 0.4) is 0 Å². The summed E-state index contributed by atoms with van der Waals surface area (Å²) in [6.07, 6.45) is 0.322. The number of Topliss-reactive ketones (excluding diaryl/α,β-unsaturated/α-hetero) is 1. The topological polar surface area (TPSA) is 109 Å². The van der Waals surface area contributed by atoms with Crippen LogP contribution in [0.25, 0.3) is 0 Å². The lowest BCUT2D eigenvalue weighted by atomic mass is 9.67. The van der Waals surface area contributed by atoms with Gasteiger partial charge in [-0.1, -0.05) is 24.3 Å². The molecule has 0 bridgehead atoms. The Labute approximate surface area is 234 Å². The summed E-state index contributed by atoms with van der Waals surface area (Å²) in [5, 5.41) is 3.31. The molecule has 0 amide bonds. The monoisotopic (exact) mass is 549 g/mol. The normalized spacial score (nSPS) is 20.4. The van der Waals surface area contributed by atoms with Crippen LogP contribution in [0.4, 0.5) is 0 Å². The first-order valence-corrected chi connectivity index (χ1v) is 13.2. The van der Waals surface area contributed by atoms with E-state index in [-0.39, 0.29) is 13.2 Å². The van der Waals surface area contributed by atoms with E-state index in [1.807, 2.05) is 18.2 Å². The van der Waals surface area contributed by atoms with E-state index in [4.69, 9.17) is 23.7 Å². The summed E-state index contributed by atoms with van der Waals surface area (Å²) in [5.41, 5.74) is 3.17. The second kappa shape index (κ2) is 12.3. The van der Waals surface area contributed by atoms with Crippen LogP contribution >= 0.6 is 0 Å². The highest BCUT2D eigenvalue weighted by Crippen LogP contribution is 2.50. The van der Waals surface area contributed by atoms with Crippen molar-refractivity contribution in [2.45, 2.75) is 39.0 Å². The van der Waals surface area contributed by atoms with Gasteiger partial charge in [-0.25, -0.2) is 4.79 Å². The van der Waals surface area contributed by atoms with Crippen LogP contribution < -0.4 is 19.5 Å². The van der Waals surface area contributed by atoms with Crippen molar-refractivity contribution in [1.29, 1.82) is 0 Å². The third kappa shape index (κ3) is 5.15. The number of hydrogen-bond donors (Lipinski definition) is 1. The molecular formula is C31H35NO8. The largest absolute Gasteiger partial charge is 0.496 e. The Hall–Kier alpha value is -4.27. The number of rotatable bonds is 9. The molecule has 212 valence electrons. The molecule has 2 aromatic carbocycles. The van der Waals surface area contributed by atoms with E-state index < -0.39 is 35.5 Å². The van der Waals surface area contributed by atoms with Gasteiger partial charge < -0.3 is 29.0 Å². The fourth-order valence-corrected chi connectivity index (χ4v) is 5.65. The highest BCUT2D eigenvalue weighted by molar-refractivity contribution is 6.13. The zero-order valence-electron chi connectivity index (χ0n) is 23.7. The fraction of sp³-hybridized carbons (Fsp3) is 0.387. The minimum atomic E-state index is -1.14. The molecule has 0 saturated carbocycles. The lowest BCUT2D eigenvalue weighted by Crippen LogP contribution is -2.43. The van der Waals surface area contributed by atoms with E-state index in [0.717, 1.165) is 5.56 Å². The van der Waals surface area contributed by atoms with Crippen molar-refractivity contribution in [3.63, 3.8) is 0 Å². The summed E-state index contributed by atoms with van der Waals surface area (Å²) in [6.45, 7) is 5.49. The molecule has 0 radical (unpaired) electrons. The molecule has 9 heteroatoms. The second-order valence-electron chi connectivity index (χ2n) is 9.47. The van der Waals surface area contributed by atoms with Gasteiger partial charge in [0.2, 0.25) is 0 Å². The molecule has 40 heavy (non-hydrogen) atoms. The molecule has 1 aliphatic heterocycles. The number of nitrogens with one attached hydrogen (secondary N) is 1. The van der Waals surface area contributed by atoms with Gasteiger partial charge in [-0.05, 0) is 56.5 Å². The van der Waals surface area contributed by atoms with Crippen molar-refractivity contribution in [1.82, 2.24) is 5.32 Å². The number of ether oxygens (including phenoxy) is 5. The van der Waals surface area contributed by atoms with Gasteiger partial charge in [0.05, 0.1) is 40.1 Å². The molecule has 9 nitrogen and oxygen atoms in total. The molecule has 0 unspecified atom stereocenters. The van der Waals surface area contributed by atoms with E-state index >= 15 is 0 Å². The zero-order chi connectivity index (χ0) is 29.0. The van der Waals surface area contributed by atoms with E-state index in [1.54, 1.807) is 52.1 Å². The molecule has 1 heterocycles. The Balaban J connectivity index is 1.95. The number of allylic oxidation sites excluding steroid dienone is 3. The number of para-hydroxylation sites is 1. The van der Waals surface area contributed by atoms with Crippen LogP contribution in [-0.4, -0.2) is 52.3 Å². The van der Waals surface area contributed by atoms with Gasteiger partial charge in [0.25, 0.3) is 0 Å². The van der Waals surface area contributed by atoms with Crippen molar-refractivity contribution in [2.24, 2.45) is 5.92 Å². The Morgan fingerprint density at radius 3 is 2.23 bits per heavy atom. The van der Waals surface area contributed by atoms with E-state index in [9.17, 15) is 14.4 Å². The van der Waals surface area contributed by atoms with Crippen molar-refractivity contribution in [3.8, 4) is 17.2 Å². The average molecular weight is 550 g/mol. The molecule has 3 atom stereocenters. The van der Waals surface area contributed by atoms with Gasteiger partial charge in [0.1, 0.15) is 11.7 Å². The van der Waals surface area contributed by atoms with E-state index in [2.05, 4.69) is 5.32 Å². The van der Waals surface area contributed by atoms with Crippen molar-refractivity contribution in [3.05, 3.63) is 76.1 Å². The predicted molar refractivity (Wildman–Crippen MR) is 147 cm³/mol. The average Bonchev–Trinajstić information content (AvgIpc) is 2.95. The Morgan fingerprint density at radius 1 is 0.900 bits per heavy atom. The Kier molecular flexibility index (Phi) is 8.82. The quantitative estimate of drug-likeness (QED) is 0.359. The van der Waals surface area contributed by atoms with Gasteiger partial charge in [0, 0.05) is 28.8 Å². The van der Waals surface area contributed by atoms with Gasteiger partial charge in [0.15, 0.2) is 17.3 Å². The number of methoxy groups -OCH3 is 3. The van der Waals surface area contributed by atoms with Gasteiger partial charge in [-0.15, -0.1) is 0 Å². The Morgan fingerprint density at radius 2 is 1.57 bits per heavy atom. The number of hydrogen-bond acceptors (Lipinski definition) is 9. The van der Waals surface area contributed by atoms with Crippen LogP contribution in [0.1, 0.15) is 50.2 Å². The maximum Gasteiger partial charge on any atom is 0.336 e. The van der Waals surface area contributed by atoms with E-state index in [1.165, 1.54) is 14.2 Å². The number of dihydropyridines is 1. The number of carbonyl (C=O) groups is 3. The highest BCUT2D eigenvalue weighted by Gasteiger charge is 2.49.